The van der Waals surface area contributed by atoms with Crippen LogP contribution in [0.2, 0.25) is 0 Å². The normalized spacial score (nSPS) is 24.1. The molecule has 1 saturated heterocycles. The third kappa shape index (κ3) is 2.43. The summed E-state index contributed by atoms with van der Waals surface area (Å²) in [7, 11) is 0. The van der Waals surface area contributed by atoms with Crippen LogP contribution in [0, 0.1) is 5.92 Å². The zero-order valence-electron chi connectivity index (χ0n) is 11.8. The molecule has 1 aliphatic carbocycles. The molecule has 1 saturated carbocycles. The molecule has 2 aliphatic rings. The molecule has 2 fully saturated rings. The molecule has 0 spiro atoms. The van der Waals surface area contributed by atoms with Gasteiger partial charge in [-0.25, -0.2) is 0 Å². The first-order chi connectivity index (χ1) is 9.90. The second kappa shape index (κ2) is 5.15. The highest BCUT2D eigenvalue weighted by molar-refractivity contribution is 5.81. The molecule has 104 valence electrons. The Morgan fingerprint density at radius 1 is 1.20 bits per heavy atom. The van der Waals surface area contributed by atoms with Crippen LogP contribution < -0.4 is 5.32 Å². The Bertz CT molecular complexity index is 601. The van der Waals surface area contributed by atoms with Crippen molar-refractivity contribution in [1.29, 1.82) is 0 Å². The Morgan fingerprint density at radius 2 is 2.10 bits per heavy atom. The fraction of sp³-hybridized carbons (Fsp3) is 0.471. The number of pyridine rings is 1. The largest absolute Gasteiger partial charge is 0.311 e. The van der Waals surface area contributed by atoms with Crippen LogP contribution in [0.15, 0.2) is 36.5 Å². The maximum atomic E-state index is 4.46. The lowest BCUT2D eigenvalue weighted by Gasteiger charge is -2.34. The van der Waals surface area contributed by atoms with Crippen molar-refractivity contribution in [2.75, 3.05) is 19.6 Å². The minimum atomic E-state index is 0.719. The number of piperazine rings is 1. The van der Waals surface area contributed by atoms with Gasteiger partial charge in [0, 0.05) is 43.8 Å². The Kier molecular flexibility index (Phi) is 3.17. The molecule has 20 heavy (non-hydrogen) atoms. The molecule has 0 bridgehead atoms. The fourth-order valence-electron chi connectivity index (χ4n) is 3.33. The van der Waals surface area contributed by atoms with Gasteiger partial charge in [0.25, 0.3) is 0 Å². The fourth-order valence-corrected chi connectivity index (χ4v) is 3.33. The smallest absolute Gasteiger partial charge is 0.0705 e. The zero-order valence-corrected chi connectivity index (χ0v) is 11.8. The number of aromatic nitrogens is 1. The summed E-state index contributed by atoms with van der Waals surface area (Å²) in [5.41, 5.74) is 2.52. The number of rotatable bonds is 3. The summed E-state index contributed by atoms with van der Waals surface area (Å²) in [6.07, 6.45) is 4.78. The predicted octanol–water partition coefficient (Wildman–Crippen LogP) is 2.42. The van der Waals surface area contributed by atoms with E-state index in [9.17, 15) is 0 Å². The molecule has 1 aromatic heterocycles. The van der Waals surface area contributed by atoms with Crippen LogP contribution in [0.1, 0.15) is 18.4 Å². The molecule has 4 rings (SSSR count). The molecule has 1 aromatic carbocycles. The zero-order chi connectivity index (χ0) is 13.4. The molecule has 3 heteroatoms. The number of nitrogens with one attached hydrogen (secondary N) is 1. The molecule has 2 aromatic rings. The van der Waals surface area contributed by atoms with E-state index in [1.54, 1.807) is 0 Å². The Hall–Kier alpha value is -1.45. The van der Waals surface area contributed by atoms with Gasteiger partial charge in [-0.05, 0) is 36.5 Å². The third-order valence-corrected chi connectivity index (χ3v) is 4.61. The van der Waals surface area contributed by atoms with Crippen molar-refractivity contribution in [3.8, 4) is 0 Å². The summed E-state index contributed by atoms with van der Waals surface area (Å²) in [6, 6.07) is 11.4. The van der Waals surface area contributed by atoms with E-state index in [4.69, 9.17) is 0 Å². The number of hydrogen-bond acceptors (Lipinski definition) is 3. The summed E-state index contributed by atoms with van der Waals surface area (Å²) in [5, 5.41) is 4.98. The molecule has 2 heterocycles. The number of benzene rings is 1. The van der Waals surface area contributed by atoms with Crippen LogP contribution in [-0.4, -0.2) is 35.6 Å². The molecule has 1 atom stereocenters. The minimum absolute atomic E-state index is 0.719. The monoisotopic (exact) mass is 267 g/mol. The molecular weight excluding hydrogens is 246 g/mol. The van der Waals surface area contributed by atoms with Crippen LogP contribution >= 0.6 is 0 Å². The van der Waals surface area contributed by atoms with Crippen molar-refractivity contribution in [2.24, 2.45) is 5.92 Å². The number of nitrogens with zero attached hydrogens (tertiary/aromatic N) is 2. The van der Waals surface area contributed by atoms with E-state index < -0.39 is 0 Å². The number of hydrogen-bond donors (Lipinski definition) is 1. The van der Waals surface area contributed by atoms with Gasteiger partial charge in [0.2, 0.25) is 0 Å². The predicted molar refractivity (Wildman–Crippen MR) is 81.5 cm³/mol. The standard InChI is InChI=1S/C17H21N3/c1-2-4-16-15(3-1)14(7-8-18-16)11-20-10-9-19-17(12-20)13-5-6-13/h1-4,7-8,13,17,19H,5-6,9-12H2. The van der Waals surface area contributed by atoms with Crippen LogP contribution in [0.3, 0.4) is 0 Å². The second-order valence-corrected chi connectivity index (χ2v) is 6.12. The van der Waals surface area contributed by atoms with Gasteiger partial charge in [0.15, 0.2) is 0 Å². The van der Waals surface area contributed by atoms with Crippen molar-refractivity contribution in [3.63, 3.8) is 0 Å². The van der Waals surface area contributed by atoms with E-state index in [2.05, 4.69) is 45.5 Å². The summed E-state index contributed by atoms with van der Waals surface area (Å²) in [6.45, 7) is 4.53. The van der Waals surface area contributed by atoms with E-state index in [0.29, 0.717) is 0 Å². The first-order valence-corrected chi connectivity index (χ1v) is 7.68. The SMILES string of the molecule is c1ccc2c(CN3CCNC(C4CC4)C3)ccnc2c1. The van der Waals surface area contributed by atoms with Crippen molar-refractivity contribution in [3.05, 3.63) is 42.1 Å². The van der Waals surface area contributed by atoms with Gasteiger partial charge < -0.3 is 5.32 Å². The van der Waals surface area contributed by atoms with Gasteiger partial charge in [0.05, 0.1) is 5.52 Å². The molecule has 0 amide bonds. The maximum absolute atomic E-state index is 4.46. The molecule has 0 radical (unpaired) electrons. The summed E-state index contributed by atoms with van der Waals surface area (Å²) >= 11 is 0. The first-order valence-electron chi connectivity index (χ1n) is 7.68. The highest BCUT2D eigenvalue weighted by Crippen LogP contribution is 2.34. The molecule has 1 N–H and O–H groups in total. The van der Waals surface area contributed by atoms with Crippen LogP contribution in [-0.2, 0) is 6.54 Å². The topological polar surface area (TPSA) is 28.2 Å². The van der Waals surface area contributed by atoms with Gasteiger partial charge in [-0.15, -0.1) is 0 Å². The van der Waals surface area contributed by atoms with Crippen molar-refractivity contribution in [2.45, 2.75) is 25.4 Å². The van der Waals surface area contributed by atoms with Gasteiger partial charge in [0.1, 0.15) is 0 Å². The maximum Gasteiger partial charge on any atom is 0.0705 e. The summed E-state index contributed by atoms with van der Waals surface area (Å²) in [5.74, 6) is 0.937. The van der Waals surface area contributed by atoms with Crippen LogP contribution in [0.25, 0.3) is 10.9 Å². The van der Waals surface area contributed by atoms with Crippen LogP contribution in [0.4, 0.5) is 0 Å². The van der Waals surface area contributed by atoms with E-state index in [-0.39, 0.29) is 0 Å². The Balaban J connectivity index is 1.54. The highest BCUT2D eigenvalue weighted by atomic mass is 15.2. The molecular formula is C17H21N3. The highest BCUT2D eigenvalue weighted by Gasteiger charge is 2.33. The quantitative estimate of drug-likeness (QED) is 0.925. The Labute approximate surface area is 120 Å². The summed E-state index contributed by atoms with van der Waals surface area (Å²) in [4.78, 5) is 7.06. The van der Waals surface area contributed by atoms with Gasteiger partial charge in [-0.2, -0.15) is 0 Å². The molecule has 1 aliphatic heterocycles. The third-order valence-electron chi connectivity index (χ3n) is 4.61. The van der Waals surface area contributed by atoms with Gasteiger partial charge in [-0.1, -0.05) is 18.2 Å². The van der Waals surface area contributed by atoms with E-state index >= 15 is 0 Å². The molecule has 3 nitrogen and oxygen atoms in total. The number of fused-ring (bicyclic) bond motifs is 1. The van der Waals surface area contributed by atoms with E-state index in [0.717, 1.165) is 37.1 Å². The lowest BCUT2D eigenvalue weighted by Crippen LogP contribution is -2.51. The lowest BCUT2D eigenvalue weighted by molar-refractivity contribution is 0.182. The summed E-state index contributed by atoms with van der Waals surface area (Å²) < 4.78 is 0. The number of para-hydroxylation sites is 1. The molecule has 1 unspecified atom stereocenters. The van der Waals surface area contributed by atoms with Crippen molar-refractivity contribution in [1.82, 2.24) is 15.2 Å². The van der Waals surface area contributed by atoms with Crippen molar-refractivity contribution >= 4 is 10.9 Å². The van der Waals surface area contributed by atoms with E-state index in [1.165, 1.54) is 30.3 Å². The van der Waals surface area contributed by atoms with Gasteiger partial charge >= 0.3 is 0 Å². The van der Waals surface area contributed by atoms with Crippen molar-refractivity contribution < 1.29 is 0 Å². The minimum Gasteiger partial charge on any atom is -0.311 e. The Morgan fingerprint density at radius 3 is 3.00 bits per heavy atom. The lowest BCUT2D eigenvalue weighted by atomic mass is 10.1. The average molecular weight is 267 g/mol. The van der Waals surface area contributed by atoms with E-state index in [1.807, 2.05) is 6.20 Å². The average Bonchev–Trinajstić information content (AvgIpc) is 3.33. The first kappa shape index (κ1) is 12.3. The van der Waals surface area contributed by atoms with Crippen LogP contribution in [0.5, 0.6) is 0 Å². The van der Waals surface area contributed by atoms with Gasteiger partial charge in [-0.3, -0.25) is 9.88 Å². The second-order valence-electron chi connectivity index (χ2n) is 6.12.